The van der Waals surface area contributed by atoms with Crippen molar-refractivity contribution in [1.29, 1.82) is 0 Å². The number of nitrogens with zero attached hydrogens (tertiary/aromatic N) is 2. The van der Waals surface area contributed by atoms with E-state index in [2.05, 4.69) is 15.3 Å². The second-order valence-corrected chi connectivity index (χ2v) is 9.04. The number of halogens is 2. The summed E-state index contributed by atoms with van der Waals surface area (Å²) in [7, 11) is -2.54. The fourth-order valence-electron chi connectivity index (χ4n) is 2.28. The molecule has 1 amide bonds. The van der Waals surface area contributed by atoms with Crippen LogP contribution in [0.15, 0.2) is 41.5 Å². The monoisotopic (exact) mass is 410 g/mol. The van der Waals surface area contributed by atoms with E-state index >= 15 is 0 Å². The van der Waals surface area contributed by atoms with Gasteiger partial charge >= 0.3 is 0 Å². The fraction of sp³-hybridized carbons (Fsp3) is 0.278. The topological polar surface area (TPSA) is 115 Å². The minimum atomic E-state index is -3.91. The molecular formula is C18H20F2N4O3S. The molecule has 10 heteroatoms. The predicted molar refractivity (Wildman–Crippen MR) is 103 cm³/mol. The van der Waals surface area contributed by atoms with Crippen LogP contribution in [-0.4, -0.2) is 36.9 Å². The molecule has 7 nitrogen and oxygen atoms in total. The Hall–Kier alpha value is -2.88. The summed E-state index contributed by atoms with van der Waals surface area (Å²) in [6, 6.07) is 5.80. The summed E-state index contributed by atoms with van der Waals surface area (Å²) in [6.45, 7) is 2.77. The van der Waals surface area contributed by atoms with E-state index in [1.54, 1.807) is 0 Å². The van der Waals surface area contributed by atoms with Crippen LogP contribution in [0.4, 0.5) is 14.5 Å². The fourth-order valence-corrected chi connectivity index (χ4v) is 3.68. The number of anilines is 1. The molecule has 0 saturated heterocycles. The molecule has 2 rings (SSSR count). The molecule has 0 aliphatic carbocycles. The van der Waals surface area contributed by atoms with Crippen molar-refractivity contribution in [1.82, 2.24) is 4.98 Å². The van der Waals surface area contributed by atoms with Gasteiger partial charge < -0.3 is 11.1 Å². The van der Waals surface area contributed by atoms with E-state index in [4.69, 9.17) is 5.73 Å². The van der Waals surface area contributed by atoms with Crippen LogP contribution in [0, 0.1) is 11.6 Å². The third-order valence-corrected chi connectivity index (χ3v) is 6.70. The SMILES string of the molecule is CN=C(N)C(C)(C)S(=O)(=O)Cc1cc(NC(=O)c2ccc(F)cn2)ccc1F. The number of amidine groups is 1. The van der Waals surface area contributed by atoms with Gasteiger partial charge in [0.05, 0.1) is 11.9 Å². The summed E-state index contributed by atoms with van der Waals surface area (Å²) in [4.78, 5) is 19.5. The smallest absolute Gasteiger partial charge is 0.274 e. The first-order chi connectivity index (χ1) is 13.0. The molecule has 0 fully saturated rings. The number of carbonyl (C=O) groups is 1. The minimum Gasteiger partial charge on any atom is -0.386 e. The van der Waals surface area contributed by atoms with Crippen molar-refractivity contribution in [2.45, 2.75) is 24.3 Å². The van der Waals surface area contributed by atoms with Crippen LogP contribution in [-0.2, 0) is 15.6 Å². The first-order valence-electron chi connectivity index (χ1n) is 8.14. The Labute approximate surface area is 161 Å². The van der Waals surface area contributed by atoms with E-state index in [0.717, 1.165) is 18.3 Å². The molecule has 0 spiro atoms. The molecule has 1 heterocycles. The number of benzene rings is 1. The third-order valence-electron chi connectivity index (χ3n) is 4.24. The van der Waals surface area contributed by atoms with Crippen molar-refractivity contribution < 1.29 is 22.0 Å². The number of amides is 1. The van der Waals surface area contributed by atoms with Gasteiger partial charge in [-0.25, -0.2) is 22.2 Å². The minimum absolute atomic E-state index is 0.0482. The summed E-state index contributed by atoms with van der Waals surface area (Å²) in [5, 5.41) is 2.47. The van der Waals surface area contributed by atoms with Crippen molar-refractivity contribution in [3.8, 4) is 0 Å². The summed E-state index contributed by atoms with van der Waals surface area (Å²) in [5.41, 5.74) is 5.66. The summed E-state index contributed by atoms with van der Waals surface area (Å²) >= 11 is 0. The van der Waals surface area contributed by atoms with Gasteiger partial charge in [0.1, 0.15) is 27.9 Å². The Balaban J connectivity index is 2.28. The van der Waals surface area contributed by atoms with Gasteiger partial charge in [-0.2, -0.15) is 0 Å². The lowest BCUT2D eigenvalue weighted by molar-refractivity contribution is 0.102. The van der Waals surface area contributed by atoms with E-state index in [-0.39, 0.29) is 22.8 Å². The molecule has 28 heavy (non-hydrogen) atoms. The molecule has 1 aromatic carbocycles. The zero-order valence-corrected chi connectivity index (χ0v) is 16.3. The highest BCUT2D eigenvalue weighted by atomic mass is 32.2. The summed E-state index contributed by atoms with van der Waals surface area (Å²) in [6.07, 6.45) is 0.888. The zero-order chi connectivity index (χ0) is 21.1. The molecule has 0 bridgehead atoms. The largest absolute Gasteiger partial charge is 0.386 e. The van der Waals surface area contributed by atoms with Crippen LogP contribution in [0.25, 0.3) is 0 Å². The molecule has 0 radical (unpaired) electrons. The van der Waals surface area contributed by atoms with E-state index < -0.39 is 37.9 Å². The Morgan fingerprint density at radius 3 is 2.50 bits per heavy atom. The molecule has 2 aromatic rings. The van der Waals surface area contributed by atoms with Crippen molar-refractivity contribution in [2.75, 3.05) is 12.4 Å². The highest BCUT2D eigenvalue weighted by Gasteiger charge is 2.38. The third kappa shape index (κ3) is 4.50. The van der Waals surface area contributed by atoms with Gasteiger partial charge in [-0.05, 0) is 44.2 Å². The Kier molecular flexibility index (Phi) is 6.13. The van der Waals surface area contributed by atoms with Crippen LogP contribution >= 0.6 is 0 Å². The molecule has 3 N–H and O–H groups in total. The van der Waals surface area contributed by atoms with Crippen molar-refractivity contribution in [3.05, 3.63) is 59.4 Å². The Bertz CT molecular complexity index is 1020. The molecule has 150 valence electrons. The average molecular weight is 410 g/mol. The lowest BCUT2D eigenvalue weighted by Crippen LogP contribution is -2.46. The van der Waals surface area contributed by atoms with Gasteiger partial charge in [-0.15, -0.1) is 0 Å². The Morgan fingerprint density at radius 2 is 1.93 bits per heavy atom. The quantitative estimate of drug-likeness (QED) is 0.560. The number of aliphatic imine (C=N–C) groups is 1. The summed E-state index contributed by atoms with van der Waals surface area (Å²) < 4.78 is 51.0. The lowest BCUT2D eigenvalue weighted by atomic mass is 10.2. The average Bonchev–Trinajstić information content (AvgIpc) is 2.63. The maximum absolute atomic E-state index is 14.2. The van der Waals surface area contributed by atoms with Gasteiger partial charge in [-0.3, -0.25) is 9.79 Å². The van der Waals surface area contributed by atoms with E-state index in [1.165, 1.54) is 39.1 Å². The van der Waals surface area contributed by atoms with Gasteiger partial charge in [0.15, 0.2) is 9.84 Å². The molecule has 1 aromatic heterocycles. The molecule has 0 unspecified atom stereocenters. The second-order valence-electron chi connectivity index (χ2n) is 6.50. The second kappa shape index (κ2) is 8.01. The maximum atomic E-state index is 14.2. The van der Waals surface area contributed by atoms with Crippen LogP contribution in [0.5, 0.6) is 0 Å². The highest BCUT2D eigenvalue weighted by molar-refractivity contribution is 7.92. The van der Waals surface area contributed by atoms with Crippen molar-refractivity contribution in [2.24, 2.45) is 10.7 Å². The number of hydrogen-bond donors (Lipinski definition) is 2. The predicted octanol–water partition coefficient (Wildman–Crippen LogP) is 2.29. The number of pyridine rings is 1. The normalized spacial score (nSPS) is 12.7. The zero-order valence-electron chi connectivity index (χ0n) is 15.5. The maximum Gasteiger partial charge on any atom is 0.274 e. The van der Waals surface area contributed by atoms with E-state index in [1.807, 2.05) is 0 Å². The van der Waals surface area contributed by atoms with Gasteiger partial charge in [0, 0.05) is 18.3 Å². The number of aromatic nitrogens is 1. The van der Waals surface area contributed by atoms with Crippen LogP contribution in [0.2, 0.25) is 0 Å². The van der Waals surface area contributed by atoms with Crippen LogP contribution in [0.1, 0.15) is 29.9 Å². The Morgan fingerprint density at radius 1 is 1.25 bits per heavy atom. The van der Waals surface area contributed by atoms with E-state index in [0.29, 0.717) is 0 Å². The van der Waals surface area contributed by atoms with Crippen LogP contribution < -0.4 is 11.1 Å². The lowest BCUT2D eigenvalue weighted by Gasteiger charge is -2.24. The molecule has 0 aliphatic heterocycles. The highest BCUT2D eigenvalue weighted by Crippen LogP contribution is 2.25. The van der Waals surface area contributed by atoms with Gasteiger partial charge in [0.2, 0.25) is 0 Å². The number of sulfone groups is 1. The number of nitrogens with two attached hydrogens (primary N) is 1. The first kappa shape index (κ1) is 21.4. The molecule has 0 atom stereocenters. The molecule has 0 saturated carbocycles. The van der Waals surface area contributed by atoms with Crippen LogP contribution in [0.3, 0.4) is 0 Å². The number of hydrogen-bond acceptors (Lipinski definition) is 5. The number of nitrogens with one attached hydrogen (secondary N) is 1. The molecule has 0 aliphatic rings. The standard InChI is InChI=1S/C18H20F2N4O3S/c1-18(2,17(21)22-3)28(26,27)10-11-8-13(5-6-14(11)20)24-16(25)15-7-4-12(19)9-23-15/h4-9H,10H2,1-3H3,(H2,21,22)(H,24,25). The number of rotatable bonds is 6. The van der Waals surface area contributed by atoms with Crippen molar-refractivity contribution in [3.63, 3.8) is 0 Å². The first-order valence-corrected chi connectivity index (χ1v) is 9.79. The molecular weight excluding hydrogens is 390 g/mol. The summed E-state index contributed by atoms with van der Waals surface area (Å²) in [5.74, 6) is -2.73. The number of carbonyl (C=O) groups excluding carboxylic acids is 1. The van der Waals surface area contributed by atoms with Crippen molar-refractivity contribution >= 4 is 27.3 Å². The van der Waals surface area contributed by atoms with E-state index in [9.17, 15) is 22.0 Å². The van der Waals surface area contributed by atoms with Gasteiger partial charge in [-0.1, -0.05) is 0 Å². The van der Waals surface area contributed by atoms with Gasteiger partial charge in [0.25, 0.3) is 5.91 Å².